The van der Waals surface area contributed by atoms with Gasteiger partial charge in [0.05, 0.1) is 6.04 Å². The van der Waals surface area contributed by atoms with Gasteiger partial charge in [0, 0.05) is 31.2 Å². The first-order valence-electron chi connectivity index (χ1n) is 10.3. The van der Waals surface area contributed by atoms with Crippen LogP contribution in [0.15, 0.2) is 78.0 Å². The van der Waals surface area contributed by atoms with E-state index >= 15 is 0 Å². The van der Waals surface area contributed by atoms with Gasteiger partial charge in [0.2, 0.25) is 5.43 Å². The highest BCUT2D eigenvalue weighted by Gasteiger charge is 2.36. The summed E-state index contributed by atoms with van der Waals surface area (Å²) in [6.45, 7) is 0.702. The monoisotopic (exact) mass is 414 g/mol. The summed E-state index contributed by atoms with van der Waals surface area (Å²) in [5.41, 5.74) is 2.67. The van der Waals surface area contributed by atoms with Crippen LogP contribution < -0.4 is 10.4 Å². The van der Waals surface area contributed by atoms with E-state index in [-0.39, 0.29) is 17.6 Å². The maximum atomic E-state index is 13.2. The molecule has 2 aliphatic heterocycles. The van der Waals surface area contributed by atoms with Crippen LogP contribution in [0.3, 0.4) is 0 Å². The molecular formula is C24H22N4O3. The van der Waals surface area contributed by atoms with Crippen molar-refractivity contribution in [3.63, 3.8) is 0 Å². The third-order valence-electron chi connectivity index (χ3n) is 5.86. The van der Waals surface area contributed by atoms with Crippen molar-refractivity contribution in [3.8, 4) is 5.75 Å². The number of hydrogen-bond acceptors (Lipinski definition) is 5. The molecule has 0 radical (unpaired) electrons. The number of benzene rings is 1. The van der Waals surface area contributed by atoms with Crippen molar-refractivity contribution in [3.05, 3.63) is 106 Å². The fourth-order valence-corrected chi connectivity index (χ4v) is 4.35. The molecule has 1 atom stereocenters. The van der Waals surface area contributed by atoms with E-state index in [9.17, 15) is 14.7 Å². The summed E-state index contributed by atoms with van der Waals surface area (Å²) in [5, 5.41) is 12.5. The molecule has 1 amide bonds. The molecule has 1 aromatic carbocycles. The first-order chi connectivity index (χ1) is 15.1. The van der Waals surface area contributed by atoms with Crippen LogP contribution in [0.5, 0.6) is 5.75 Å². The maximum Gasteiger partial charge on any atom is 0.278 e. The van der Waals surface area contributed by atoms with E-state index in [2.05, 4.69) is 23.2 Å². The van der Waals surface area contributed by atoms with E-state index in [1.807, 2.05) is 41.5 Å². The Kier molecular flexibility index (Phi) is 4.78. The third-order valence-corrected chi connectivity index (χ3v) is 5.86. The molecule has 3 aromatic rings. The molecule has 156 valence electrons. The van der Waals surface area contributed by atoms with E-state index < -0.39 is 11.2 Å². The number of fused-ring (bicyclic) bond motifs is 5. The van der Waals surface area contributed by atoms with Crippen molar-refractivity contribution in [1.29, 1.82) is 0 Å². The minimum atomic E-state index is -0.567. The minimum absolute atomic E-state index is 0.0112. The number of rotatable bonds is 1. The maximum absolute atomic E-state index is 13.2. The molecule has 7 heteroatoms. The highest BCUT2D eigenvalue weighted by Crippen LogP contribution is 2.34. The fourth-order valence-electron chi connectivity index (χ4n) is 4.35. The summed E-state index contributed by atoms with van der Waals surface area (Å²) in [6, 6.07) is 13.1. The normalized spacial score (nSPS) is 19.2. The molecule has 0 aliphatic carbocycles. The molecule has 1 N–H and O–H groups in total. The Hall–Kier alpha value is -3.87. The Bertz CT molecular complexity index is 1220. The number of hydrogen-bond donors (Lipinski definition) is 1. The SMILES string of the molecule is O=C1c2c(O)c(=O)ccn2N2CN1C/C=C\CCc1cnccc1[C@@H]2c1ccccc1. The molecule has 4 heterocycles. The average Bonchev–Trinajstić information content (AvgIpc) is 2.82. The lowest BCUT2D eigenvalue weighted by molar-refractivity contribution is 0.0701. The Morgan fingerprint density at radius 2 is 1.87 bits per heavy atom. The number of aryl methyl sites for hydroxylation is 1. The standard InChI is InChI=1S/C24H22N4O3/c29-20-11-14-27-22(23(20)30)24(31)26-13-6-2-5-9-18-15-25-12-10-19(18)21(28(27)16-26)17-7-3-1-4-8-17/h1-4,6-8,10-12,14-15,21,30H,5,9,13,16H2/b6-2-/t21-/m0/s1. The predicted octanol–water partition coefficient (Wildman–Crippen LogP) is 2.59. The second kappa shape index (κ2) is 7.75. The summed E-state index contributed by atoms with van der Waals surface area (Å²) in [5.74, 6) is -0.889. The van der Waals surface area contributed by atoms with E-state index in [0.29, 0.717) is 13.2 Å². The molecule has 0 saturated heterocycles. The lowest BCUT2D eigenvalue weighted by Gasteiger charge is -2.44. The molecule has 0 spiro atoms. The van der Waals surface area contributed by atoms with Crippen molar-refractivity contribution in [1.82, 2.24) is 14.6 Å². The topological polar surface area (TPSA) is 78.7 Å². The first kappa shape index (κ1) is 19.1. The molecule has 0 unspecified atom stereocenters. The molecule has 0 saturated carbocycles. The fraction of sp³-hybridized carbons (Fsp3) is 0.208. The third kappa shape index (κ3) is 3.28. The van der Waals surface area contributed by atoms with E-state index in [1.165, 1.54) is 6.07 Å². The summed E-state index contributed by atoms with van der Waals surface area (Å²) in [7, 11) is 0. The van der Waals surface area contributed by atoms with Gasteiger partial charge in [-0.15, -0.1) is 0 Å². The Morgan fingerprint density at radius 3 is 2.71 bits per heavy atom. The van der Waals surface area contributed by atoms with Gasteiger partial charge in [-0.2, -0.15) is 0 Å². The smallest absolute Gasteiger partial charge is 0.278 e. The van der Waals surface area contributed by atoms with Crippen molar-refractivity contribution in [2.45, 2.75) is 18.9 Å². The second-order valence-corrected chi connectivity index (χ2v) is 7.73. The van der Waals surface area contributed by atoms with Crippen LogP contribution in [0.4, 0.5) is 0 Å². The van der Waals surface area contributed by atoms with Crippen LogP contribution in [0, 0.1) is 0 Å². The second-order valence-electron chi connectivity index (χ2n) is 7.73. The molecule has 5 rings (SSSR count). The van der Waals surface area contributed by atoms with Crippen LogP contribution in [0.1, 0.15) is 39.6 Å². The van der Waals surface area contributed by atoms with Crippen molar-refractivity contribution < 1.29 is 9.90 Å². The molecule has 2 aliphatic rings. The number of allylic oxidation sites excluding steroid dienone is 1. The molecule has 31 heavy (non-hydrogen) atoms. The van der Waals surface area contributed by atoms with E-state index in [0.717, 1.165) is 29.5 Å². The summed E-state index contributed by atoms with van der Waals surface area (Å²) in [4.78, 5) is 31.3. The number of carbonyl (C=O) groups excluding carboxylic acids is 1. The van der Waals surface area contributed by atoms with Crippen LogP contribution in [-0.4, -0.2) is 38.8 Å². The highest BCUT2D eigenvalue weighted by atomic mass is 16.3. The van der Waals surface area contributed by atoms with Gasteiger partial charge in [-0.05, 0) is 35.6 Å². The van der Waals surface area contributed by atoms with Crippen LogP contribution in [-0.2, 0) is 6.42 Å². The number of nitrogens with zero attached hydrogens (tertiary/aromatic N) is 4. The Morgan fingerprint density at radius 1 is 1.03 bits per heavy atom. The van der Waals surface area contributed by atoms with E-state index in [4.69, 9.17) is 0 Å². The average molecular weight is 414 g/mol. The molecule has 2 aromatic heterocycles. The lowest BCUT2D eigenvalue weighted by Crippen LogP contribution is -2.55. The van der Waals surface area contributed by atoms with Gasteiger partial charge in [0.1, 0.15) is 6.67 Å². The molecule has 2 bridgehead atoms. The lowest BCUT2D eigenvalue weighted by atomic mass is 9.93. The van der Waals surface area contributed by atoms with Crippen molar-refractivity contribution in [2.75, 3.05) is 18.2 Å². The summed E-state index contributed by atoms with van der Waals surface area (Å²) < 4.78 is 1.62. The molecule has 0 fully saturated rings. The molecular weight excluding hydrogens is 392 g/mol. The quantitative estimate of drug-likeness (QED) is 0.620. The van der Waals surface area contributed by atoms with Gasteiger partial charge in [0.25, 0.3) is 5.91 Å². The molecule has 7 nitrogen and oxygen atoms in total. The number of pyridine rings is 2. The van der Waals surface area contributed by atoms with Crippen LogP contribution in [0.2, 0.25) is 0 Å². The van der Waals surface area contributed by atoms with Gasteiger partial charge in [0.15, 0.2) is 11.4 Å². The first-order valence-corrected chi connectivity index (χ1v) is 10.3. The number of aromatic hydroxyl groups is 1. The number of aromatic nitrogens is 2. The number of carbonyl (C=O) groups is 1. The van der Waals surface area contributed by atoms with Gasteiger partial charge >= 0.3 is 0 Å². The summed E-state index contributed by atoms with van der Waals surface area (Å²) >= 11 is 0. The zero-order valence-electron chi connectivity index (χ0n) is 16.9. The van der Waals surface area contributed by atoms with Gasteiger partial charge < -0.3 is 10.0 Å². The minimum Gasteiger partial charge on any atom is -0.502 e. The van der Waals surface area contributed by atoms with Crippen molar-refractivity contribution in [2.24, 2.45) is 0 Å². The van der Waals surface area contributed by atoms with Crippen LogP contribution >= 0.6 is 0 Å². The zero-order valence-corrected chi connectivity index (χ0v) is 16.9. The number of amides is 1. The van der Waals surface area contributed by atoms with E-state index in [1.54, 1.807) is 22.0 Å². The zero-order chi connectivity index (χ0) is 21.4. The van der Waals surface area contributed by atoms with Gasteiger partial charge in [-0.1, -0.05) is 42.5 Å². The Balaban J connectivity index is 1.80. The van der Waals surface area contributed by atoms with Gasteiger partial charge in [-0.25, -0.2) is 0 Å². The Labute approximate surface area is 179 Å². The van der Waals surface area contributed by atoms with Crippen LogP contribution in [0.25, 0.3) is 0 Å². The highest BCUT2D eigenvalue weighted by molar-refractivity contribution is 5.96. The van der Waals surface area contributed by atoms with Crippen molar-refractivity contribution >= 4 is 5.91 Å². The predicted molar refractivity (Wildman–Crippen MR) is 116 cm³/mol. The largest absolute Gasteiger partial charge is 0.502 e. The summed E-state index contributed by atoms with van der Waals surface area (Å²) in [6.07, 6.45) is 10.9. The van der Waals surface area contributed by atoms with Gasteiger partial charge in [-0.3, -0.25) is 24.3 Å².